The molecular weight excluding hydrogens is 178 g/mol. The molecule has 0 radical (unpaired) electrons. The van der Waals surface area contributed by atoms with Gasteiger partial charge in [-0.25, -0.2) is 4.79 Å². The Kier molecular flexibility index (Phi) is 2.05. The molecule has 1 fully saturated rings. The molecule has 0 bridgehead atoms. The smallest absolute Gasteiger partial charge is 0.350 e. The van der Waals surface area contributed by atoms with Gasteiger partial charge in [-0.3, -0.25) is 4.98 Å². The van der Waals surface area contributed by atoms with Crippen molar-refractivity contribution in [3.63, 3.8) is 0 Å². The lowest BCUT2D eigenvalue weighted by Crippen LogP contribution is -2.37. The molecule has 0 atom stereocenters. The highest BCUT2D eigenvalue weighted by Crippen LogP contribution is 2.12. The van der Waals surface area contributed by atoms with Crippen LogP contribution in [-0.2, 0) is 9.47 Å². The van der Waals surface area contributed by atoms with Crippen molar-refractivity contribution in [1.82, 2.24) is 4.98 Å². The fourth-order valence-corrected chi connectivity index (χ4v) is 1.31. The molecule has 0 aliphatic carbocycles. The Morgan fingerprint density at radius 1 is 1.75 bits per heavy atom. The van der Waals surface area contributed by atoms with Crippen LogP contribution in [-0.4, -0.2) is 30.3 Å². The average molecular weight is 185 g/mol. The maximum absolute atomic E-state index is 11.2. The molecule has 0 amide bonds. The Bertz CT molecular complexity index is 268. The fraction of sp³-hybridized carbons (Fsp3) is 0.429. The molecule has 5 heteroatoms. The van der Waals surface area contributed by atoms with Crippen LogP contribution in [0.25, 0.3) is 0 Å². The van der Waals surface area contributed by atoms with E-state index in [0.717, 1.165) is 0 Å². The van der Waals surface area contributed by atoms with Crippen molar-refractivity contribution in [3.8, 4) is 0 Å². The molecule has 1 aromatic rings. The Morgan fingerprint density at radius 3 is 3.08 bits per heavy atom. The molecule has 1 aliphatic rings. The van der Waals surface area contributed by atoms with Crippen LogP contribution in [0.3, 0.4) is 0 Å². The predicted octanol–water partition coefficient (Wildman–Crippen LogP) is 0.699. The van der Waals surface area contributed by atoms with Gasteiger partial charge in [0.2, 0.25) is 0 Å². The lowest BCUT2D eigenvalue weighted by molar-refractivity contribution is -0.103. The van der Waals surface area contributed by atoms with Crippen LogP contribution < -0.4 is 0 Å². The van der Waals surface area contributed by atoms with Gasteiger partial charge in [-0.05, 0) is 0 Å². The van der Waals surface area contributed by atoms with Gasteiger partial charge >= 0.3 is 5.97 Å². The number of carbonyl (C=O) groups is 1. The minimum Gasteiger partial charge on any atom is -0.453 e. The van der Waals surface area contributed by atoms with E-state index in [0.29, 0.717) is 18.1 Å². The van der Waals surface area contributed by atoms with Crippen molar-refractivity contribution in [1.29, 1.82) is 0 Å². The van der Waals surface area contributed by atoms with Gasteiger partial charge in [0.1, 0.15) is 11.0 Å². The van der Waals surface area contributed by atoms with Gasteiger partial charge in [-0.2, -0.15) is 0 Å². The number of hydrogen-bond acceptors (Lipinski definition) is 5. The summed E-state index contributed by atoms with van der Waals surface area (Å²) in [5, 5.41) is 0. The van der Waals surface area contributed by atoms with Crippen molar-refractivity contribution in [2.45, 2.75) is 6.10 Å². The second kappa shape index (κ2) is 3.20. The Balaban J connectivity index is 1.92. The Hall–Kier alpha value is -0.940. The van der Waals surface area contributed by atoms with Crippen LogP contribution in [0.4, 0.5) is 0 Å². The second-order valence-corrected chi connectivity index (χ2v) is 3.32. The number of thiazole rings is 1. The number of carbonyl (C=O) groups excluding carboxylic acids is 1. The summed E-state index contributed by atoms with van der Waals surface area (Å²) in [4.78, 5) is 15.5. The Morgan fingerprint density at radius 2 is 2.58 bits per heavy atom. The van der Waals surface area contributed by atoms with Crippen molar-refractivity contribution in [2.75, 3.05) is 13.2 Å². The van der Waals surface area contributed by atoms with E-state index in [-0.39, 0.29) is 12.1 Å². The molecule has 64 valence electrons. The maximum Gasteiger partial charge on any atom is 0.350 e. The van der Waals surface area contributed by atoms with Crippen LogP contribution in [0.15, 0.2) is 11.7 Å². The molecule has 0 unspecified atom stereocenters. The third kappa shape index (κ3) is 1.46. The molecule has 4 nitrogen and oxygen atoms in total. The highest BCUT2D eigenvalue weighted by molar-refractivity contribution is 7.11. The fourth-order valence-electron chi connectivity index (χ4n) is 0.808. The molecule has 2 rings (SSSR count). The lowest BCUT2D eigenvalue weighted by Gasteiger charge is -2.25. The molecule has 12 heavy (non-hydrogen) atoms. The predicted molar refractivity (Wildman–Crippen MR) is 42.1 cm³/mol. The number of hydrogen-bond donors (Lipinski definition) is 0. The molecule has 2 heterocycles. The summed E-state index contributed by atoms with van der Waals surface area (Å²) in [5.41, 5.74) is 1.61. The normalized spacial score (nSPS) is 17.0. The first-order valence-corrected chi connectivity index (χ1v) is 4.41. The van der Waals surface area contributed by atoms with Gasteiger partial charge in [-0.1, -0.05) is 0 Å². The minimum absolute atomic E-state index is 0.0559. The zero-order valence-electron chi connectivity index (χ0n) is 6.23. The van der Waals surface area contributed by atoms with Crippen molar-refractivity contribution >= 4 is 17.3 Å². The van der Waals surface area contributed by atoms with Gasteiger partial charge in [-0.15, -0.1) is 11.3 Å². The van der Waals surface area contributed by atoms with E-state index in [2.05, 4.69) is 4.98 Å². The standard InChI is InChI=1S/C7H7NO3S/c9-7(6-1-8-4-12-6)11-5-2-10-3-5/h1,4-5H,2-3H2. The summed E-state index contributed by atoms with van der Waals surface area (Å²) < 4.78 is 9.90. The first-order valence-electron chi connectivity index (χ1n) is 3.53. The van der Waals surface area contributed by atoms with E-state index >= 15 is 0 Å². The largest absolute Gasteiger partial charge is 0.453 e. The van der Waals surface area contributed by atoms with E-state index in [9.17, 15) is 4.79 Å². The molecule has 1 aliphatic heterocycles. The topological polar surface area (TPSA) is 48.4 Å². The molecule has 0 saturated carbocycles. The van der Waals surface area contributed by atoms with E-state index in [1.165, 1.54) is 17.5 Å². The van der Waals surface area contributed by atoms with Crippen molar-refractivity contribution in [2.24, 2.45) is 0 Å². The number of ether oxygens (including phenoxy) is 2. The molecule has 0 spiro atoms. The Labute approximate surface area is 73.1 Å². The summed E-state index contributed by atoms with van der Waals surface area (Å²) in [5.74, 6) is -0.300. The van der Waals surface area contributed by atoms with Gasteiger partial charge in [0, 0.05) is 0 Å². The van der Waals surface area contributed by atoms with Crippen LogP contribution in [0, 0.1) is 0 Å². The van der Waals surface area contributed by atoms with E-state index < -0.39 is 0 Å². The van der Waals surface area contributed by atoms with E-state index in [1.807, 2.05) is 0 Å². The highest BCUT2D eigenvalue weighted by atomic mass is 32.1. The second-order valence-electron chi connectivity index (χ2n) is 2.43. The number of esters is 1. The van der Waals surface area contributed by atoms with Crippen molar-refractivity contribution < 1.29 is 14.3 Å². The summed E-state index contributed by atoms with van der Waals surface area (Å²) in [7, 11) is 0. The summed E-state index contributed by atoms with van der Waals surface area (Å²) in [6, 6.07) is 0. The van der Waals surface area contributed by atoms with Gasteiger partial charge in [0.15, 0.2) is 0 Å². The molecule has 0 N–H and O–H groups in total. The maximum atomic E-state index is 11.2. The average Bonchev–Trinajstić information content (AvgIpc) is 2.47. The minimum atomic E-state index is -0.300. The first kappa shape index (κ1) is 7.70. The van der Waals surface area contributed by atoms with E-state index in [1.54, 1.807) is 5.51 Å². The van der Waals surface area contributed by atoms with Crippen LogP contribution in [0.1, 0.15) is 9.67 Å². The lowest BCUT2D eigenvalue weighted by atomic mass is 10.3. The summed E-state index contributed by atoms with van der Waals surface area (Å²) in [6.07, 6.45) is 1.45. The van der Waals surface area contributed by atoms with Crippen LogP contribution in [0.5, 0.6) is 0 Å². The van der Waals surface area contributed by atoms with Crippen LogP contribution >= 0.6 is 11.3 Å². The monoisotopic (exact) mass is 185 g/mol. The molecule has 1 saturated heterocycles. The number of rotatable bonds is 2. The number of nitrogens with zero attached hydrogens (tertiary/aromatic N) is 1. The third-order valence-corrected chi connectivity index (χ3v) is 2.27. The highest BCUT2D eigenvalue weighted by Gasteiger charge is 2.23. The SMILES string of the molecule is O=C(OC1COC1)c1cncs1. The zero-order chi connectivity index (χ0) is 8.39. The quantitative estimate of drug-likeness (QED) is 0.636. The molecule has 1 aromatic heterocycles. The number of aromatic nitrogens is 1. The van der Waals surface area contributed by atoms with Crippen molar-refractivity contribution in [3.05, 3.63) is 16.6 Å². The van der Waals surface area contributed by atoms with E-state index in [4.69, 9.17) is 9.47 Å². The van der Waals surface area contributed by atoms with Gasteiger partial charge in [0.25, 0.3) is 0 Å². The van der Waals surface area contributed by atoms with Gasteiger partial charge in [0.05, 0.1) is 24.9 Å². The first-order chi connectivity index (χ1) is 5.86. The molecular formula is C7H7NO3S. The summed E-state index contributed by atoms with van der Waals surface area (Å²) >= 11 is 1.28. The zero-order valence-corrected chi connectivity index (χ0v) is 7.04. The van der Waals surface area contributed by atoms with Gasteiger partial charge < -0.3 is 9.47 Å². The van der Waals surface area contributed by atoms with Crippen LogP contribution in [0.2, 0.25) is 0 Å². The third-order valence-electron chi connectivity index (χ3n) is 1.51. The summed E-state index contributed by atoms with van der Waals surface area (Å²) in [6.45, 7) is 1.04. The molecule has 0 aromatic carbocycles.